The van der Waals surface area contributed by atoms with Gasteiger partial charge < -0.3 is 9.84 Å². The average Bonchev–Trinajstić information content (AvgIpc) is 2.82. The first-order valence-electron chi connectivity index (χ1n) is 6.06. The molecular weight excluding hydrogens is 232 g/mol. The second-order valence-corrected chi connectivity index (χ2v) is 4.58. The van der Waals surface area contributed by atoms with Gasteiger partial charge in [0.2, 0.25) is 0 Å². The average molecular weight is 250 g/mol. The van der Waals surface area contributed by atoms with Gasteiger partial charge in [0.05, 0.1) is 12.5 Å². The van der Waals surface area contributed by atoms with Crippen molar-refractivity contribution in [2.75, 3.05) is 33.4 Å². The number of carbonyl (C=O) groups is 1. The van der Waals surface area contributed by atoms with Crippen molar-refractivity contribution in [2.24, 2.45) is 5.92 Å². The molecule has 0 amide bonds. The molecule has 0 unspecified atom stereocenters. The van der Waals surface area contributed by atoms with Gasteiger partial charge in [0.25, 0.3) is 0 Å². The van der Waals surface area contributed by atoms with Crippen LogP contribution in [0.15, 0.2) is 24.5 Å². The molecule has 1 saturated heterocycles. The van der Waals surface area contributed by atoms with Gasteiger partial charge in [-0.1, -0.05) is 0 Å². The minimum atomic E-state index is -0.725. The summed E-state index contributed by atoms with van der Waals surface area (Å²) >= 11 is 0. The molecule has 0 saturated carbocycles. The second-order valence-electron chi connectivity index (χ2n) is 4.58. The SMILES string of the molecule is COCCN1C[C@@H](C(=O)O)[C@H](c2ccncc2)C1. The minimum Gasteiger partial charge on any atom is -0.481 e. The Morgan fingerprint density at radius 3 is 2.83 bits per heavy atom. The van der Waals surface area contributed by atoms with E-state index in [-0.39, 0.29) is 11.8 Å². The summed E-state index contributed by atoms with van der Waals surface area (Å²) in [6, 6.07) is 3.81. The summed E-state index contributed by atoms with van der Waals surface area (Å²) in [5.74, 6) is -1.02. The lowest BCUT2D eigenvalue weighted by Gasteiger charge is -2.15. The van der Waals surface area contributed by atoms with Crippen molar-refractivity contribution in [3.63, 3.8) is 0 Å². The Morgan fingerprint density at radius 2 is 2.22 bits per heavy atom. The van der Waals surface area contributed by atoms with E-state index in [1.165, 1.54) is 0 Å². The number of likely N-dealkylation sites (tertiary alicyclic amines) is 1. The normalized spacial score (nSPS) is 24.3. The number of methoxy groups -OCH3 is 1. The first-order valence-corrected chi connectivity index (χ1v) is 6.06. The van der Waals surface area contributed by atoms with Crippen LogP contribution < -0.4 is 0 Å². The van der Waals surface area contributed by atoms with Crippen molar-refractivity contribution in [3.8, 4) is 0 Å². The smallest absolute Gasteiger partial charge is 0.308 e. The molecule has 0 bridgehead atoms. The Balaban J connectivity index is 2.10. The summed E-state index contributed by atoms with van der Waals surface area (Å²) in [5, 5.41) is 9.31. The van der Waals surface area contributed by atoms with Crippen molar-refractivity contribution < 1.29 is 14.6 Å². The first-order chi connectivity index (χ1) is 8.72. The van der Waals surface area contributed by atoms with Gasteiger partial charge in [-0.15, -0.1) is 0 Å². The van der Waals surface area contributed by atoms with Crippen molar-refractivity contribution in [2.45, 2.75) is 5.92 Å². The molecule has 2 rings (SSSR count). The molecule has 2 heterocycles. The highest BCUT2D eigenvalue weighted by molar-refractivity contribution is 5.72. The highest BCUT2D eigenvalue weighted by atomic mass is 16.5. The third-order valence-electron chi connectivity index (χ3n) is 3.46. The molecule has 0 spiro atoms. The lowest BCUT2D eigenvalue weighted by atomic mass is 9.90. The third kappa shape index (κ3) is 2.86. The number of pyridine rings is 1. The van der Waals surface area contributed by atoms with E-state index < -0.39 is 5.97 Å². The molecule has 1 aromatic heterocycles. The molecule has 5 heteroatoms. The number of hydrogen-bond acceptors (Lipinski definition) is 4. The fourth-order valence-corrected chi connectivity index (χ4v) is 2.49. The fourth-order valence-electron chi connectivity index (χ4n) is 2.49. The molecule has 1 fully saturated rings. The highest BCUT2D eigenvalue weighted by Gasteiger charge is 2.38. The summed E-state index contributed by atoms with van der Waals surface area (Å²) < 4.78 is 5.04. The molecule has 1 aliphatic rings. The van der Waals surface area contributed by atoms with Crippen LogP contribution in [0.25, 0.3) is 0 Å². The van der Waals surface area contributed by atoms with Crippen LogP contribution in [0, 0.1) is 5.92 Å². The number of carboxylic acid groups (broad SMARTS) is 1. The first kappa shape index (κ1) is 13.0. The van der Waals surface area contributed by atoms with Gasteiger partial charge in [-0.25, -0.2) is 0 Å². The Bertz CT molecular complexity index is 396. The van der Waals surface area contributed by atoms with E-state index in [1.807, 2.05) is 12.1 Å². The van der Waals surface area contributed by atoms with E-state index in [4.69, 9.17) is 4.74 Å². The zero-order chi connectivity index (χ0) is 13.0. The van der Waals surface area contributed by atoms with E-state index in [0.717, 1.165) is 18.7 Å². The minimum absolute atomic E-state index is 0.0438. The number of nitrogens with zero attached hydrogens (tertiary/aromatic N) is 2. The predicted molar refractivity (Wildman–Crippen MR) is 66.4 cm³/mol. The largest absolute Gasteiger partial charge is 0.481 e. The van der Waals surface area contributed by atoms with Crippen LogP contribution in [-0.4, -0.2) is 54.3 Å². The van der Waals surface area contributed by atoms with Crippen LogP contribution in [0.3, 0.4) is 0 Å². The summed E-state index contributed by atoms with van der Waals surface area (Å²) in [7, 11) is 1.66. The zero-order valence-electron chi connectivity index (χ0n) is 10.5. The number of aliphatic carboxylic acids is 1. The van der Waals surface area contributed by atoms with Gasteiger partial charge in [0.1, 0.15) is 0 Å². The van der Waals surface area contributed by atoms with Gasteiger partial charge in [-0.2, -0.15) is 0 Å². The quantitative estimate of drug-likeness (QED) is 0.838. The summed E-state index contributed by atoms with van der Waals surface area (Å²) in [5.41, 5.74) is 1.05. The molecular formula is C13H18N2O3. The molecule has 1 aromatic rings. The molecule has 2 atom stereocenters. The van der Waals surface area contributed by atoms with Gasteiger partial charge in [0, 0.05) is 45.1 Å². The number of hydrogen-bond donors (Lipinski definition) is 1. The van der Waals surface area contributed by atoms with E-state index >= 15 is 0 Å². The Labute approximate surface area is 106 Å². The lowest BCUT2D eigenvalue weighted by molar-refractivity contribution is -0.141. The summed E-state index contributed by atoms with van der Waals surface area (Å²) in [6.45, 7) is 2.77. The molecule has 1 N–H and O–H groups in total. The van der Waals surface area contributed by atoms with Crippen molar-refractivity contribution in [1.29, 1.82) is 0 Å². The maximum Gasteiger partial charge on any atom is 0.308 e. The topological polar surface area (TPSA) is 62.7 Å². The van der Waals surface area contributed by atoms with Gasteiger partial charge in [-0.05, 0) is 17.7 Å². The Morgan fingerprint density at radius 1 is 1.50 bits per heavy atom. The van der Waals surface area contributed by atoms with E-state index in [2.05, 4.69) is 9.88 Å². The van der Waals surface area contributed by atoms with Gasteiger partial charge >= 0.3 is 5.97 Å². The maximum atomic E-state index is 11.3. The monoisotopic (exact) mass is 250 g/mol. The maximum absolute atomic E-state index is 11.3. The third-order valence-corrected chi connectivity index (χ3v) is 3.46. The van der Waals surface area contributed by atoms with Gasteiger partial charge in [-0.3, -0.25) is 14.7 Å². The predicted octanol–water partition coefficient (Wildman–Crippen LogP) is 0.828. The number of carboxylic acids is 1. The molecule has 0 radical (unpaired) electrons. The van der Waals surface area contributed by atoms with Gasteiger partial charge in [0.15, 0.2) is 0 Å². The van der Waals surface area contributed by atoms with Crippen LogP contribution in [-0.2, 0) is 9.53 Å². The summed E-state index contributed by atoms with van der Waals surface area (Å²) in [6.07, 6.45) is 3.43. The van der Waals surface area contributed by atoms with E-state index in [9.17, 15) is 9.90 Å². The number of aromatic nitrogens is 1. The van der Waals surface area contributed by atoms with Crippen molar-refractivity contribution >= 4 is 5.97 Å². The number of ether oxygens (including phenoxy) is 1. The molecule has 1 aliphatic heterocycles. The van der Waals surface area contributed by atoms with Crippen molar-refractivity contribution in [3.05, 3.63) is 30.1 Å². The Kier molecular flexibility index (Phi) is 4.28. The number of rotatable bonds is 5. The van der Waals surface area contributed by atoms with Crippen LogP contribution in [0.1, 0.15) is 11.5 Å². The zero-order valence-corrected chi connectivity index (χ0v) is 10.5. The van der Waals surface area contributed by atoms with Crippen LogP contribution in [0.4, 0.5) is 0 Å². The lowest BCUT2D eigenvalue weighted by Crippen LogP contribution is -2.26. The Hall–Kier alpha value is -1.46. The van der Waals surface area contributed by atoms with Crippen LogP contribution in [0.5, 0.6) is 0 Å². The van der Waals surface area contributed by atoms with Crippen LogP contribution in [0.2, 0.25) is 0 Å². The summed E-state index contributed by atoms with van der Waals surface area (Å²) in [4.78, 5) is 17.5. The highest BCUT2D eigenvalue weighted by Crippen LogP contribution is 2.32. The standard InChI is InChI=1S/C13H18N2O3/c1-18-7-6-15-8-11(12(9-15)13(16)17)10-2-4-14-5-3-10/h2-5,11-12H,6-9H2,1H3,(H,16,17)/t11-,12+/m0/s1. The fraction of sp³-hybridized carbons (Fsp3) is 0.538. The molecule has 5 nitrogen and oxygen atoms in total. The van der Waals surface area contributed by atoms with Crippen LogP contribution >= 0.6 is 0 Å². The van der Waals surface area contributed by atoms with E-state index in [0.29, 0.717) is 13.2 Å². The molecule has 0 aromatic carbocycles. The molecule has 98 valence electrons. The second kappa shape index (κ2) is 5.93. The molecule has 18 heavy (non-hydrogen) atoms. The van der Waals surface area contributed by atoms with E-state index in [1.54, 1.807) is 19.5 Å². The molecule has 0 aliphatic carbocycles. The van der Waals surface area contributed by atoms with Crippen molar-refractivity contribution in [1.82, 2.24) is 9.88 Å².